The standard InChI is InChI=1S/C23H24FN3O4S2/c1-15-21(13-16-4-8-18(24)9-5-16)32-23(26-15)27-22(28)17-6-10-20(11-7-17)33(29,30)25-14-19-3-2-12-31-19/h4-11,19,25H,2-3,12-14H2,1H3,(H,26,27,28). The quantitative estimate of drug-likeness (QED) is 0.500. The van der Waals surface area contributed by atoms with Crippen LogP contribution in [0.15, 0.2) is 53.4 Å². The van der Waals surface area contributed by atoms with Crippen molar-refractivity contribution in [3.8, 4) is 0 Å². The number of sulfonamides is 1. The minimum absolute atomic E-state index is 0.0868. The van der Waals surface area contributed by atoms with Crippen LogP contribution in [-0.2, 0) is 21.2 Å². The Kier molecular flexibility index (Phi) is 7.18. The summed E-state index contributed by atoms with van der Waals surface area (Å²) in [7, 11) is -3.68. The van der Waals surface area contributed by atoms with Gasteiger partial charge in [-0.1, -0.05) is 12.1 Å². The first-order valence-electron chi connectivity index (χ1n) is 10.5. The number of nitrogens with one attached hydrogen (secondary N) is 2. The molecule has 1 unspecified atom stereocenters. The number of anilines is 1. The first kappa shape index (κ1) is 23.5. The van der Waals surface area contributed by atoms with Gasteiger partial charge in [0, 0.05) is 30.0 Å². The molecule has 3 aromatic rings. The smallest absolute Gasteiger partial charge is 0.257 e. The molecule has 2 aromatic carbocycles. The summed E-state index contributed by atoms with van der Waals surface area (Å²) in [5, 5.41) is 3.21. The number of thiazole rings is 1. The number of carbonyl (C=O) groups is 1. The molecule has 4 rings (SSSR count). The van der Waals surface area contributed by atoms with Crippen LogP contribution < -0.4 is 10.0 Å². The van der Waals surface area contributed by atoms with E-state index in [1.54, 1.807) is 12.1 Å². The van der Waals surface area contributed by atoms with Gasteiger partial charge in [0.2, 0.25) is 10.0 Å². The third kappa shape index (κ3) is 6.02. The molecule has 1 aliphatic rings. The molecule has 174 valence electrons. The lowest BCUT2D eigenvalue weighted by molar-refractivity contribution is 0.102. The fraction of sp³-hybridized carbons (Fsp3) is 0.304. The average Bonchev–Trinajstić information content (AvgIpc) is 3.44. The summed E-state index contributed by atoms with van der Waals surface area (Å²) < 4.78 is 46.0. The number of halogens is 1. The minimum Gasteiger partial charge on any atom is -0.377 e. The molecule has 1 amide bonds. The Bertz CT molecular complexity index is 1220. The SMILES string of the molecule is Cc1nc(NC(=O)c2ccc(S(=O)(=O)NCC3CCCO3)cc2)sc1Cc1ccc(F)cc1. The van der Waals surface area contributed by atoms with E-state index in [1.807, 2.05) is 6.92 Å². The van der Waals surface area contributed by atoms with Gasteiger partial charge in [-0.25, -0.2) is 22.5 Å². The number of carbonyl (C=O) groups excluding carboxylic acids is 1. The van der Waals surface area contributed by atoms with Crippen LogP contribution in [0.4, 0.5) is 9.52 Å². The van der Waals surface area contributed by atoms with Crippen LogP contribution in [0.5, 0.6) is 0 Å². The summed E-state index contributed by atoms with van der Waals surface area (Å²) in [5.41, 5.74) is 2.06. The van der Waals surface area contributed by atoms with Gasteiger partial charge in [0.15, 0.2) is 5.13 Å². The lowest BCUT2D eigenvalue weighted by Gasteiger charge is -2.11. The predicted octanol–water partition coefficient (Wildman–Crippen LogP) is 3.89. The Balaban J connectivity index is 1.38. The topological polar surface area (TPSA) is 97.4 Å². The molecular weight excluding hydrogens is 465 g/mol. The van der Waals surface area contributed by atoms with Crippen molar-refractivity contribution >= 4 is 32.4 Å². The predicted molar refractivity (Wildman–Crippen MR) is 125 cm³/mol. The number of hydrogen-bond donors (Lipinski definition) is 2. The van der Waals surface area contributed by atoms with Gasteiger partial charge in [0.1, 0.15) is 5.82 Å². The molecule has 2 N–H and O–H groups in total. The third-order valence-corrected chi connectivity index (χ3v) is 7.86. The van der Waals surface area contributed by atoms with Crippen LogP contribution >= 0.6 is 11.3 Å². The first-order valence-corrected chi connectivity index (χ1v) is 12.8. The molecule has 0 radical (unpaired) electrons. The van der Waals surface area contributed by atoms with Crippen molar-refractivity contribution in [2.24, 2.45) is 0 Å². The zero-order valence-electron chi connectivity index (χ0n) is 18.0. The number of rotatable bonds is 8. The molecule has 7 nitrogen and oxygen atoms in total. The van der Waals surface area contributed by atoms with E-state index in [1.165, 1.54) is 47.7 Å². The van der Waals surface area contributed by atoms with E-state index in [2.05, 4.69) is 15.0 Å². The maximum Gasteiger partial charge on any atom is 0.257 e. The molecule has 1 atom stereocenters. The molecule has 2 heterocycles. The van der Waals surface area contributed by atoms with Crippen molar-refractivity contribution in [1.29, 1.82) is 0 Å². The molecule has 0 spiro atoms. The highest BCUT2D eigenvalue weighted by atomic mass is 32.2. The highest BCUT2D eigenvalue weighted by Gasteiger charge is 2.21. The van der Waals surface area contributed by atoms with Gasteiger partial charge in [-0.15, -0.1) is 11.3 Å². The van der Waals surface area contributed by atoms with Crippen molar-refractivity contribution in [1.82, 2.24) is 9.71 Å². The number of hydrogen-bond acceptors (Lipinski definition) is 6. The van der Waals surface area contributed by atoms with Gasteiger partial charge in [-0.2, -0.15) is 0 Å². The van der Waals surface area contributed by atoms with Gasteiger partial charge in [0.05, 0.1) is 16.7 Å². The maximum atomic E-state index is 13.1. The normalized spacial score (nSPS) is 16.1. The molecule has 1 aromatic heterocycles. The van der Waals surface area contributed by atoms with E-state index in [0.717, 1.165) is 29.0 Å². The van der Waals surface area contributed by atoms with Crippen LogP contribution in [0.2, 0.25) is 0 Å². The highest BCUT2D eigenvalue weighted by Crippen LogP contribution is 2.26. The molecule has 1 aliphatic heterocycles. The van der Waals surface area contributed by atoms with Crippen molar-refractivity contribution in [2.45, 2.75) is 37.2 Å². The molecule has 10 heteroatoms. The third-order valence-electron chi connectivity index (χ3n) is 5.34. The Morgan fingerprint density at radius 1 is 1.18 bits per heavy atom. The number of nitrogens with zero attached hydrogens (tertiary/aromatic N) is 1. The Hall–Kier alpha value is -2.66. The highest BCUT2D eigenvalue weighted by molar-refractivity contribution is 7.89. The first-order chi connectivity index (χ1) is 15.8. The summed E-state index contributed by atoms with van der Waals surface area (Å²) in [6.45, 7) is 2.74. The van der Waals surface area contributed by atoms with Gasteiger partial charge in [0.25, 0.3) is 5.91 Å². The zero-order valence-corrected chi connectivity index (χ0v) is 19.6. The number of benzene rings is 2. The monoisotopic (exact) mass is 489 g/mol. The minimum atomic E-state index is -3.68. The van der Waals surface area contributed by atoms with Crippen LogP contribution in [-0.4, -0.2) is 38.6 Å². The molecule has 33 heavy (non-hydrogen) atoms. The maximum absolute atomic E-state index is 13.1. The van der Waals surface area contributed by atoms with Gasteiger partial charge in [-0.3, -0.25) is 10.1 Å². The largest absolute Gasteiger partial charge is 0.377 e. The summed E-state index contributed by atoms with van der Waals surface area (Å²) in [6, 6.07) is 12.0. The van der Waals surface area contributed by atoms with Crippen molar-refractivity contribution in [3.63, 3.8) is 0 Å². The van der Waals surface area contributed by atoms with Crippen molar-refractivity contribution in [3.05, 3.63) is 76.0 Å². The van der Waals surface area contributed by atoms with E-state index in [9.17, 15) is 17.6 Å². The summed E-state index contributed by atoms with van der Waals surface area (Å²) in [4.78, 5) is 18.1. The van der Waals surface area contributed by atoms with E-state index in [-0.39, 0.29) is 29.3 Å². The number of amides is 1. The molecule has 1 fully saturated rings. The van der Waals surface area contributed by atoms with Crippen molar-refractivity contribution < 1.29 is 22.3 Å². The van der Waals surface area contributed by atoms with Gasteiger partial charge in [-0.05, 0) is 61.7 Å². The fourth-order valence-electron chi connectivity index (χ4n) is 3.48. The Morgan fingerprint density at radius 3 is 2.58 bits per heavy atom. The molecule has 1 saturated heterocycles. The molecule has 0 saturated carbocycles. The van der Waals surface area contributed by atoms with E-state index >= 15 is 0 Å². The van der Waals surface area contributed by atoms with E-state index in [0.29, 0.717) is 23.7 Å². The van der Waals surface area contributed by atoms with Crippen LogP contribution in [0.1, 0.15) is 39.3 Å². The number of aryl methyl sites for hydroxylation is 1. The average molecular weight is 490 g/mol. The summed E-state index contributed by atoms with van der Waals surface area (Å²) in [5.74, 6) is -0.668. The molecule has 0 aliphatic carbocycles. The van der Waals surface area contributed by atoms with E-state index in [4.69, 9.17) is 4.74 Å². The fourth-order valence-corrected chi connectivity index (χ4v) is 5.54. The second kappa shape index (κ2) is 10.1. The van der Waals surface area contributed by atoms with E-state index < -0.39 is 10.0 Å². The zero-order chi connectivity index (χ0) is 23.4. The summed E-state index contributed by atoms with van der Waals surface area (Å²) in [6.07, 6.45) is 2.26. The lowest BCUT2D eigenvalue weighted by atomic mass is 10.1. The van der Waals surface area contributed by atoms with Crippen molar-refractivity contribution in [2.75, 3.05) is 18.5 Å². The second-order valence-electron chi connectivity index (χ2n) is 7.80. The molecular formula is C23H24FN3O4S2. The molecule has 0 bridgehead atoms. The van der Waals surface area contributed by atoms with Crippen LogP contribution in [0, 0.1) is 12.7 Å². The number of ether oxygens (including phenoxy) is 1. The second-order valence-corrected chi connectivity index (χ2v) is 10.6. The lowest BCUT2D eigenvalue weighted by Crippen LogP contribution is -2.31. The van der Waals surface area contributed by atoms with Crippen LogP contribution in [0.25, 0.3) is 0 Å². The van der Waals surface area contributed by atoms with Gasteiger partial charge < -0.3 is 4.74 Å². The van der Waals surface area contributed by atoms with Crippen LogP contribution in [0.3, 0.4) is 0 Å². The Morgan fingerprint density at radius 2 is 1.91 bits per heavy atom. The van der Waals surface area contributed by atoms with Gasteiger partial charge >= 0.3 is 0 Å². The number of aromatic nitrogens is 1. The summed E-state index contributed by atoms with van der Waals surface area (Å²) >= 11 is 1.35. The Labute approximate surface area is 196 Å².